The first-order valence-electron chi connectivity index (χ1n) is 5.46. The van der Waals surface area contributed by atoms with Crippen LogP contribution in [-0.4, -0.2) is 16.2 Å². The third-order valence-corrected chi connectivity index (χ3v) is 3.85. The van der Waals surface area contributed by atoms with Crippen molar-refractivity contribution in [1.82, 2.24) is 10.2 Å². The van der Waals surface area contributed by atoms with Crippen molar-refractivity contribution in [3.8, 4) is 0 Å². The maximum Gasteiger partial charge on any atom is 0.209 e. The Bertz CT molecular complexity index is 470. The number of aromatic nitrogens is 2. The quantitative estimate of drug-likeness (QED) is 0.861. The minimum Gasteiger partial charge on any atom is -0.340 e. The molecule has 5 heteroatoms. The van der Waals surface area contributed by atoms with Gasteiger partial charge in [0.2, 0.25) is 5.13 Å². The Labute approximate surface area is 114 Å². The van der Waals surface area contributed by atoms with Gasteiger partial charge in [0, 0.05) is 12.6 Å². The van der Waals surface area contributed by atoms with Gasteiger partial charge in [0.25, 0.3) is 0 Å². The monoisotopic (exact) mass is 311 g/mol. The average molecular weight is 312 g/mol. The van der Waals surface area contributed by atoms with Crippen LogP contribution in [0, 0.1) is 0 Å². The van der Waals surface area contributed by atoms with Crippen LogP contribution >= 0.6 is 27.3 Å². The third kappa shape index (κ3) is 3.26. The smallest absolute Gasteiger partial charge is 0.209 e. The molecule has 0 radical (unpaired) electrons. The van der Waals surface area contributed by atoms with E-state index in [0.717, 1.165) is 15.6 Å². The molecule has 0 atom stereocenters. The SMILES string of the molecule is CC(C)N(Cc1ccccc1)c1nnc(Br)s1. The second kappa shape index (κ2) is 5.60. The van der Waals surface area contributed by atoms with Crippen LogP contribution < -0.4 is 4.90 Å². The van der Waals surface area contributed by atoms with Gasteiger partial charge in [-0.05, 0) is 35.3 Å². The highest BCUT2D eigenvalue weighted by atomic mass is 79.9. The predicted molar refractivity (Wildman–Crippen MR) is 75.4 cm³/mol. The van der Waals surface area contributed by atoms with Crippen LogP contribution in [0.1, 0.15) is 19.4 Å². The van der Waals surface area contributed by atoms with Crippen LogP contribution in [0.5, 0.6) is 0 Å². The summed E-state index contributed by atoms with van der Waals surface area (Å²) in [5.41, 5.74) is 1.28. The molecule has 0 saturated carbocycles. The zero-order valence-electron chi connectivity index (χ0n) is 9.80. The first-order chi connectivity index (χ1) is 8.16. The first-order valence-corrected chi connectivity index (χ1v) is 7.07. The third-order valence-electron chi connectivity index (χ3n) is 2.45. The van der Waals surface area contributed by atoms with Crippen molar-refractivity contribution in [3.05, 3.63) is 39.8 Å². The summed E-state index contributed by atoms with van der Waals surface area (Å²) in [5.74, 6) is 0. The van der Waals surface area contributed by atoms with E-state index in [-0.39, 0.29) is 0 Å². The van der Waals surface area contributed by atoms with Crippen LogP contribution in [0.15, 0.2) is 34.2 Å². The maximum atomic E-state index is 4.18. The minimum atomic E-state index is 0.398. The molecule has 0 unspecified atom stereocenters. The lowest BCUT2D eigenvalue weighted by atomic mass is 10.2. The Balaban J connectivity index is 2.19. The van der Waals surface area contributed by atoms with Crippen LogP contribution in [0.3, 0.4) is 0 Å². The number of hydrogen-bond acceptors (Lipinski definition) is 4. The van der Waals surface area contributed by atoms with E-state index in [4.69, 9.17) is 0 Å². The van der Waals surface area contributed by atoms with Gasteiger partial charge in [-0.25, -0.2) is 0 Å². The molecule has 0 aliphatic rings. The molecule has 0 fully saturated rings. The highest BCUT2D eigenvalue weighted by molar-refractivity contribution is 9.11. The van der Waals surface area contributed by atoms with Gasteiger partial charge in [-0.15, -0.1) is 10.2 Å². The number of hydrogen-bond donors (Lipinski definition) is 0. The van der Waals surface area contributed by atoms with Crippen LogP contribution in [-0.2, 0) is 6.54 Å². The zero-order chi connectivity index (χ0) is 12.3. The van der Waals surface area contributed by atoms with Gasteiger partial charge >= 0.3 is 0 Å². The summed E-state index contributed by atoms with van der Waals surface area (Å²) in [6.07, 6.45) is 0. The summed E-state index contributed by atoms with van der Waals surface area (Å²) >= 11 is 4.92. The lowest BCUT2D eigenvalue weighted by Crippen LogP contribution is -2.30. The van der Waals surface area contributed by atoms with Gasteiger partial charge in [-0.2, -0.15) is 0 Å². The Hall–Kier alpha value is -0.940. The molecule has 0 saturated heterocycles. The number of nitrogens with zero attached hydrogens (tertiary/aromatic N) is 3. The average Bonchev–Trinajstić information content (AvgIpc) is 2.73. The van der Waals surface area contributed by atoms with Gasteiger partial charge in [0.05, 0.1) is 0 Å². The van der Waals surface area contributed by atoms with E-state index in [1.54, 1.807) is 11.3 Å². The van der Waals surface area contributed by atoms with E-state index in [1.165, 1.54) is 5.56 Å². The second-order valence-corrected chi connectivity index (χ2v) is 6.28. The van der Waals surface area contributed by atoms with Crippen molar-refractivity contribution >= 4 is 32.4 Å². The van der Waals surface area contributed by atoms with Crippen LogP contribution in [0.2, 0.25) is 0 Å². The van der Waals surface area contributed by atoms with Crippen LogP contribution in [0.4, 0.5) is 5.13 Å². The largest absolute Gasteiger partial charge is 0.340 e. The molecular weight excluding hydrogens is 298 g/mol. The van der Waals surface area contributed by atoms with Gasteiger partial charge in [0.1, 0.15) is 0 Å². The molecule has 2 aromatic rings. The summed E-state index contributed by atoms with van der Waals surface area (Å²) in [5, 5.41) is 9.14. The molecular formula is C12H14BrN3S. The molecule has 0 aliphatic carbocycles. The molecule has 0 bridgehead atoms. The van der Waals surface area contributed by atoms with Gasteiger partial charge in [-0.1, -0.05) is 41.7 Å². The normalized spacial score (nSPS) is 10.8. The standard InChI is InChI=1S/C12H14BrN3S/c1-9(2)16(12-15-14-11(13)17-12)8-10-6-4-3-5-7-10/h3-7,9H,8H2,1-2H3. The first kappa shape index (κ1) is 12.5. The van der Waals surface area contributed by atoms with Crippen molar-refractivity contribution in [2.45, 2.75) is 26.4 Å². The second-order valence-electron chi connectivity index (χ2n) is 4.04. The molecule has 1 aromatic carbocycles. The molecule has 0 spiro atoms. The van der Waals surface area contributed by atoms with Crippen LogP contribution in [0.25, 0.3) is 0 Å². The lowest BCUT2D eigenvalue weighted by Gasteiger charge is -2.25. The molecule has 2 rings (SSSR count). The van der Waals surface area contributed by atoms with E-state index in [1.807, 2.05) is 6.07 Å². The molecule has 0 aliphatic heterocycles. The van der Waals surface area contributed by atoms with Gasteiger partial charge in [0.15, 0.2) is 3.92 Å². The zero-order valence-corrected chi connectivity index (χ0v) is 12.2. The highest BCUT2D eigenvalue weighted by Crippen LogP contribution is 2.26. The number of benzene rings is 1. The predicted octanol–water partition coefficient (Wildman–Crippen LogP) is 3.72. The van der Waals surface area contributed by atoms with E-state index in [2.05, 4.69) is 69.1 Å². The van der Waals surface area contributed by atoms with Crippen molar-refractivity contribution in [1.29, 1.82) is 0 Å². The summed E-state index contributed by atoms with van der Waals surface area (Å²) in [4.78, 5) is 2.25. The number of anilines is 1. The minimum absolute atomic E-state index is 0.398. The molecule has 0 N–H and O–H groups in total. The Morgan fingerprint density at radius 1 is 1.24 bits per heavy atom. The van der Waals surface area contributed by atoms with Gasteiger partial charge in [-0.3, -0.25) is 0 Å². The maximum absolute atomic E-state index is 4.18. The van der Waals surface area contributed by atoms with E-state index < -0.39 is 0 Å². The summed E-state index contributed by atoms with van der Waals surface area (Å²) in [6, 6.07) is 10.8. The van der Waals surface area contributed by atoms with Crippen molar-refractivity contribution < 1.29 is 0 Å². The van der Waals surface area contributed by atoms with E-state index in [0.29, 0.717) is 6.04 Å². The lowest BCUT2D eigenvalue weighted by molar-refractivity contribution is 0.675. The number of rotatable bonds is 4. The Morgan fingerprint density at radius 3 is 2.47 bits per heavy atom. The van der Waals surface area contributed by atoms with Crippen molar-refractivity contribution in [2.75, 3.05) is 4.90 Å². The summed E-state index contributed by atoms with van der Waals surface area (Å²) < 4.78 is 0.825. The van der Waals surface area contributed by atoms with E-state index >= 15 is 0 Å². The summed E-state index contributed by atoms with van der Waals surface area (Å²) in [6.45, 7) is 5.19. The molecule has 17 heavy (non-hydrogen) atoms. The Morgan fingerprint density at radius 2 is 1.94 bits per heavy atom. The van der Waals surface area contributed by atoms with Gasteiger partial charge < -0.3 is 4.90 Å². The fourth-order valence-corrected chi connectivity index (χ4v) is 2.79. The van der Waals surface area contributed by atoms with Crippen molar-refractivity contribution in [2.24, 2.45) is 0 Å². The Kier molecular flexibility index (Phi) is 4.12. The molecule has 0 amide bonds. The molecule has 3 nitrogen and oxygen atoms in total. The number of halogens is 1. The highest BCUT2D eigenvalue weighted by Gasteiger charge is 2.15. The summed E-state index contributed by atoms with van der Waals surface area (Å²) in [7, 11) is 0. The fraction of sp³-hybridized carbons (Fsp3) is 0.333. The van der Waals surface area contributed by atoms with Crippen molar-refractivity contribution in [3.63, 3.8) is 0 Å². The molecule has 90 valence electrons. The molecule has 1 heterocycles. The molecule has 1 aromatic heterocycles. The van der Waals surface area contributed by atoms with E-state index in [9.17, 15) is 0 Å². The fourth-order valence-electron chi connectivity index (χ4n) is 1.57. The topological polar surface area (TPSA) is 29.0 Å².